The number of furan rings is 1. The van der Waals surface area contributed by atoms with Crippen molar-refractivity contribution in [2.75, 3.05) is 5.32 Å². The summed E-state index contributed by atoms with van der Waals surface area (Å²) in [7, 11) is 0. The SMILES string of the molecule is CC1=C(C(=O)Nc2ccccc2)C(c2ccc(F)cc2)n2c(s/c(=C/c3ccc(-c4cc(C)c(C)c([N+](=O)[O-])c4)o3)c2=O)=N1. The topological polar surface area (TPSA) is 120 Å². The van der Waals surface area contributed by atoms with Crippen LogP contribution in [0.2, 0.25) is 0 Å². The molecule has 3 heterocycles. The zero-order valence-corrected chi connectivity index (χ0v) is 24.6. The van der Waals surface area contributed by atoms with Crippen molar-refractivity contribution in [2.45, 2.75) is 26.8 Å². The monoisotopic (exact) mass is 608 g/mol. The molecule has 1 aliphatic rings. The summed E-state index contributed by atoms with van der Waals surface area (Å²) in [5.74, 6) is -0.101. The number of hydrogen-bond donors (Lipinski definition) is 1. The summed E-state index contributed by atoms with van der Waals surface area (Å²) in [5, 5.41) is 14.4. The second kappa shape index (κ2) is 11.3. The van der Waals surface area contributed by atoms with Crippen LogP contribution in [0.15, 0.2) is 104 Å². The number of nitro groups is 1. The van der Waals surface area contributed by atoms with E-state index in [1.807, 2.05) is 12.1 Å². The Morgan fingerprint density at radius 1 is 1.07 bits per heavy atom. The van der Waals surface area contributed by atoms with Crippen LogP contribution in [-0.4, -0.2) is 15.4 Å². The second-order valence-electron chi connectivity index (χ2n) is 10.3. The van der Waals surface area contributed by atoms with E-state index in [1.165, 1.54) is 22.8 Å². The average Bonchev–Trinajstić information content (AvgIpc) is 3.58. The van der Waals surface area contributed by atoms with Crippen molar-refractivity contribution < 1.29 is 18.5 Å². The molecule has 6 rings (SSSR count). The molecule has 0 bridgehead atoms. The number of halogens is 1. The van der Waals surface area contributed by atoms with Crippen molar-refractivity contribution in [1.29, 1.82) is 0 Å². The van der Waals surface area contributed by atoms with Crippen LogP contribution < -0.4 is 20.2 Å². The van der Waals surface area contributed by atoms with E-state index >= 15 is 0 Å². The van der Waals surface area contributed by atoms with Gasteiger partial charge >= 0.3 is 0 Å². The number of nitrogens with one attached hydrogen (secondary N) is 1. The molecular formula is C33H25FN4O5S. The number of allylic oxidation sites excluding steroid dienone is 1. The lowest BCUT2D eigenvalue weighted by molar-refractivity contribution is -0.385. The molecule has 11 heteroatoms. The number of benzene rings is 3. The summed E-state index contributed by atoms with van der Waals surface area (Å²) in [6, 6.07) is 20.4. The van der Waals surface area contributed by atoms with Crippen LogP contribution in [0.1, 0.15) is 35.4 Å². The van der Waals surface area contributed by atoms with E-state index in [-0.39, 0.29) is 11.3 Å². The second-order valence-corrected chi connectivity index (χ2v) is 11.4. The summed E-state index contributed by atoms with van der Waals surface area (Å²) in [6.45, 7) is 5.20. The van der Waals surface area contributed by atoms with Crippen molar-refractivity contribution >= 4 is 34.7 Å². The number of fused-ring (bicyclic) bond motifs is 1. The molecular weight excluding hydrogens is 583 g/mol. The van der Waals surface area contributed by atoms with Gasteiger partial charge in [-0.05, 0) is 74.4 Å². The number of thiazole rings is 1. The van der Waals surface area contributed by atoms with Crippen LogP contribution >= 0.6 is 11.3 Å². The lowest BCUT2D eigenvalue weighted by Gasteiger charge is -2.25. The summed E-state index contributed by atoms with van der Waals surface area (Å²) in [5.41, 5.74) is 3.28. The Balaban J connectivity index is 1.44. The van der Waals surface area contributed by atoms with Crippen molar-refractivity contribution in [3.63, 3.8) is 0 Å². The van der Waals surface area contributed by atoms with Gasteiger partial charge in [-0.15, -0.1) is 0 Å². The molecule has 1 N–H and O–H groups in total. The number of carbonyl (C=O) groups excluding carboxylic acids is 1. The highest BCUT2D eigenvalue weighted by Gasteiger charge is 2.32. The van der Waals surface area contributed by atoms with E-state index in [1.54, 1.807) is 75.4 Å². The van der Waals surface area contributed by atoms with E-state index in [9.17, 15) is 24.1 Å². The average molecular weight is 609 g/mol. The largest absolute Gasteiger partial charge is 0.457 e. The predicted octanol–water partition coefficient (Wildman–Crippen LogP) is 5.80. The Bertz CT molecular complexity index is 2160. The van der Waals surface area contributed by atoms with E-state index < -0.39 is 28.2 Å². The number of hydrogen-bond acceptors (Lipinski definition) is 7. The van der Waals surface area contributed by atoms with Gasteiger partial charge < -0.3 is 9.73 Å². The molecule has 0 fully saturated rings. The maximum Gasteiger partial charge on any atom is 0.273 e. The first-order chi connectivity index (χ1) is 21.1. The molecule has 5 aromatic rings. The number of aromatic nitrogens is 1. The smallest absolute Gasteiger partial charge is 0.273 e. The first-order valence-corrected chi connectivity index (χ1v) is 14.4. The third kappa shape index (κ3) is 5.29. The Kier molecular flexibility index (Phi) is 7.40. The molecule has 0 aliphatic carbocycles. The number of rotatable bonds is 6. The lowest BCUT2D eigenvalue weighted by Crippen LogP contribution is -2.40. The maximum atomic E-state index is 13.9. The molecule has 1 amide bonds. The highest BCUT2D eigenvalue weighted by molar-refractivity contribution is 7.07. The van der Waals surface area contributed by atoms with Crippen LogP contribution in [0.5, 0.6) is 0 Å². The van der Waals surface area contributed by atoms with Crippen molar-refractivity contribution in [3.8, 4) is 11.3 Å². The molecule has 220 valence electrons. The highest BCUT2D eigenvalue weighted by Crippen LogP contribution is 2.32. The fourth-order valence-corrected chi connectivity index (χ4v) is 6.21. The molecule has 0 spiro atoms. The number of amides is 1. The molecule has 0 saturated carbocycles. The van der Waals surface area contributed by atoms with Gasteiger partial charge in [-0.1, -0.05) is 41.7 Å². The van der Waals surface area contributed by atoms with Gasteiger partial charge in [0.05, 0.1) is 26.8 Å². The van der Waals surface area contributed by atoms with E-state index in [0.717, 1.165) is 16.9 Å². The Labute approximate surface area is 254 Å². The number of carbonyl (C=O) groups is 1. The number of aryl methyl sites for hydroxylation is 1. The van der Waals surface area contributed by atoms with E-state index in [2.05, 4.69) is 10.3 Å². The molecule has 2 aromatic heterocycles. The first kappa shape index (κ1) is 28.7. The van der Waals surface area contributed by atoms with Crippen LogP contribution in [0.25, 0.3) is 17.4 Å². The molecule has 1 unspecified atom stereocenters. The number of nitro benzene ring substituents is 1. The Hall–Kier alpha value is -5.42. The highest BCUT2D eigenvalue weighted by atomic mass is 32.1. The van der Waals surface area contributed by atoms with E-state index in [4.69, 9.17) is 4.42 Å². The van der Waals surface area contributed by atoms with Gasteiger partial charge in [-0.25, -0.2) is 9.38 Å². The molecule has 3 aromatic carbocycles. The summed E-state index contributed by atoms with van der Waals surface area (Å²) in [6.07, 6.45) is 1.58. The van der Waals surface area contributed by atoms with Crippen LogP contribution in [0.3, 0.4) is 0 Å². The molecule has 9 nitrogen and oxygen atoms in total. The third-order valence-corrected chi connectivity index (χ3v) is 8.49. The first-order valence-electron chi connectivity index (χ1n) is 13.6. The lowest BCUT2D eigenvalue weighted by atomic mass is 9.95. The molecule has 1 atom stereocenters. The van der Waals surface area contributed by atoms with Crippen molar-refractivity contribution in [1.82, 2.24) is 4.57 Å². The normalized spacial score (nSPS) is 14.7. The fraction of sp³-hybridized carbons (Fsp3) is 0.121. The third-order valence-electron chi connectivity index (χ3n) is 7.51. The zero-order valence-electron chi connectivity index (χ0n) is 23.8. The Morgan fingerprint density at radius 3 is 2.50 bits per heavy atom. The number of para-hydroxylation sites is 1. The van der Waals surface area contributed by atoms with Gasteiger partial charge in [0.1, 0.15) is 17.3 Å². The fourth-order valence-electron chi connectivity index (χ4n) is 5.18. The minimum absolute atomic E-state index is 0.00507. The minimum atomic E-state index is -0.860. The maximum absolute atomic E-state index is 13.9. The molecule has 0 saturated heterocycles. The zero-order chi connectivity index (χ0) is 31.1. The molecule has 44 heavy (non-hydrogen) atoms. The summed E-state index contributed by atoms with van der Waals surface area (Å²) in [4.78, 5) is 43.6. The van der Waals surface area contributed by atoms with Crippen molar-refractivity contribution in [2.24, 2.45) is 4.99 Å². The van der Waals surface area contributed by atoms with Gasteiger partial charge in [0.2, 0.25) is 0 Å². The van der Waals surface area contributed by atoms with Gasteiger partial charge in [-0.3, -0.25) is 24.3 Å². The summed E-state index contributed by atoms with van der Waals surface area (Å²) >= 11 is 1.13. The molecule has 1 aliphatic heterocycles. The number of anilines is 1. The standard InChI is InChI=1S/C33H25FN4O5S/c1-18-15-22(16-26(19(18)2)38(41)42)27-14-13-25(43-27)17-28-32(40)37-30(21-9-11-23(34)12-10-21)29(20(3)35-33(37)44-28)31(39)36-24-7-5-4-6-8-24/h4-17,30H,1-3H3,(H,36,39)/b28-17+. The van der Waals surface area contributed by atoms with Gasteiger partial charge in [0.15, 0.2) is 4.80 Å². The predicted molar refractivity (Wildman–Crippen MR) is 166 cm³/mol. The van der Waals surface area contributed by atoms with E-state index in [0.29, 0.717) is 48.9 Å². The van der Waals surface area contributed by atoms with Gasteiger partial charge in [-0.2, -0.15) is 0 Å². The summed E-state index contributed by atoms with van der Waals surface area (Å²) < 4.78 is 21.6. The van der Waals surface area contributed by atoms with Gasteiger partial charge in [0, 0.05) is 29.0 Å². The molecule has 0 radical (unpaired) electrons. The van der Waals surface area contributed by atoms with Crippen LogP contribution in [0, 0.1) is 29.8 Å². The van der Waals surface area contributed by atoms with Crippen LogP contribution in [0.4, 0.5) is 15.8 Å². The quantitative estimate of drug-likeness (QED) is 0.193. The minimum Gasteiger partial charge on any atom is -0.457 e. The van der Waals surface area contributed by atoms with Crippen LogP contribution in [-0.2, 0) is 4.79 Å². The van der Waals surface area contributed by atoms with Gasteiger partial charge in [0.25, 0.3) is 17.2 Å². The number of nitrogens with zero attached hydrogens (tertiary/aromatic N) is 3. The van der Waals surface area contributed by atoms with Crippen molar-refractivity contribution in [3.05, 3.63) is 148 Å². The Morgan fingerprint density at radius 2 is 1.80 bits per heavy atom.